The average Bonchev–Trinajstić information content (AvgIpc) is 3.25. The molecule has 6 rings (SSSR count). The van der Waals surface area contributed by atoms with E-state index in [1.165, 1.54) is 19.2 Å². The van der Waals surface area contributed by atoms with Gasteiger partial charge in [-0.3, -0.25) is 0 Å². The van der Waals surface area contributed by atoms with E-state index in [2.05, 4.69) is 19.9 Å². The number of halogens is 1. The van der Waals surface area contributed by atoms with Crippen molar-refractivity contribution in [3.8, 4) is 17.4 Å². The van der Waals surface area contributed by atoms with E-state index < -0.39 is 5.82 Å². The maximum Gasteiger partial charge on any atom is 0.230 e. The fourth-order valence-corrected chi connectivity index (χ4v) is 5.28. The molecule has 2 aromatic heterocycles. The average molecular weight is 491 g/mol. The lowest BCUT2D eigenvalue weighted by Crippen LogP contribution is -2.51. The smallest absolute Gasteiger partial charge is 0.230 e. The normalized spacial score (nSPS) is 17.5. The van der Waals surface area contributed by atoms with Crippen LogP contribution in [-0.4, -0.2) is 59.3 Å². The second-order valence-corrected chi connectivity index (χ2v) is 10.2. The lowest BCUT2D eigenvalue weighted by atomic mass is 9.77. The molecule has 1 spiro atoms. The summed E-state index contributed by atoms with van der Waals surface area (Å²) in [6.07, 6.45) is 4.89. The molecule has 2 aliphatic heterocycles. The summed E-state index contributed by atoms with van der Waals surface area (Å²) < 4.78 is 32.5. The van der Waals surface area contributed by atoms with E-state index in [9.17, 15) is 0 Å². The van der Waals surface area contributed by atoms with Crippen molar-refractivity contribution in [3.05, 3.63) is 53.7 Å². The Hall–Kier alpha value is -3.23. The van der Waals surface area contributed by atoms with Crippen molar-refractivity contribution >= 4 is 21.8 Å². The molecule has 0 aliphatic carbocycles. The molecule has 1 N–H and O–H groups in total. The van der Waals surface area contributed by atoms with Gasteiger partial charge in [-0.1, -0.05) is 0 Å². The van der Waals surface area contributed by atoms with Gasteiger partial charge in [0.15, 0.2) is 11.6 Å². The second-order valence-electron chi connectivity index (χ2n) is 10.2. The summed E-state index contributed by atoms with van der Waals surface area (Å²) in [7, 11) is 0. The first kappa shape index (κ1) is 23.2. The zero-order valence-corrected chi connectivity index (χ0v) is 20.8. The van der Waals surface area contributed by atoms with Gasteiger partial charge in [-0.05, 0) is 76.0 Å². The first-order chi connectivity index (χ1) is 17.5. The summed E-state index contributed by atoms with van der Waals surface area (Å²) in [6.45, 7) is 9.76. The van der Waals surface area contributed by atoms with Crippen LogP contribution < -0.4 is 9.47 Å². The quantitative estimate of drug-likeness (QED) is 0.343. The molecular formula is C28H31FN4O3. The van der Waals surface area contributed by atoms with Crippen LogP contribution in [0.2, 0.25) is 0 Å². The molecule has 0 saturated carbocycles. The molecule has 0 amide bonds. The van der Waals surface area contributed by atoms with Crippen molar-refractivity contribution in [2.45, 2.75) is 33.1 Å². The van der Waals surface area contributed by atoms with E-state index >= 15 is 4.39 Å². The van der Waals surface area contributed by atoms with E-state index in [0.717, 1.165) is 61.8 Å². The van der Waals surface area contributed by atoms with Gasteiger partial charge in [0.25, 0.3) is 0 Å². The molecule has 2 saturated heterocycles. The van der Waals surface area contributed by atoms with Gasteiger partial charge in [-0.25, -0.2) is 14.4 Å². The van der Waals surface area contributed by atoms with Crippen LogP contribution in [0.5, 0.6) is 17.4 Å². The maximum atomic E-state index is 15.1. The molecule has 4 heterocycles. The third kappa shape index (κ3) is 4.40. The number of rotatable bonds is 7. The van der Waals surface area contributed by atoms with Gasteiger partial charge in [-0.15, -0.1) is 0 Å². The Morgan fingerprint density at radius 3 is 2.67 bits per heavy atom. The molecule has 188 valence electrons. The molecule has 0 unspecified atom stereocenters. The molecule has 2 fully saturated rings. The number of likely N-dealkylation sites (tertiary alicyclic amines) is 1. The zero-order chi connectivity index (χ0) is 24.7. The van der Waals surface area contributed by atoms with Crippen LogP contribution in [0.3, 0.4) is 0 Å². The predicted octanol–water partition coefficient (Wildman–Crippen LogP) is 5.54. The first-order valence-electron chi connectivity index (χ1n) is 12.6. The highest BCUT2D eigenvalue weighted by Gasteiger charge is 2.40. The summed E-state index contributed by atoms with van der Waals surface area (Å²) in [5.74, 6) is 0.838. The Morgan fingerprint density at radius 1 is 1.06 bits per heavy atom. The SMILES string of the molecule is Cc1cc2c(F)c(Oc3ncnc4cc(OCCCN5CCC6(CC5)COC6)c(C)cc34)ccc2[nH]1. The summed E-state index contributed by atoms with van der Waals surface area (Å²) in [4.78, 5) is 14.4. The highest BCUT2D eigenvalue weighted by atomic mass is 19.1. The van der Waals surface area contributed by atoms with Crippen molar-refractivity contribution in [2.75, 3.05) is 39.5 Å². The molecule has 7 nitrogen and oxygen atoms in total. The van der Waals surface area contributed by atoms with Crippen LogP contribution in [0.4, 0.5) is 4.39 Å². The highest BCUT2D eigenvalue weighted by Crippen LogP contribution is 2.38. The van der Waals surface area contributed by atoms with Crippen molar-refractivity contribution in [3.63, 3.8) is 0 Å². The van der Waals surface area contributed by atoms with Gasteiger partial charge < -0.3 is 24.1 Å². The van der Waals surface area contributed by atoms with E-state index in [-0.39, 0.29) is 5.75 Å². The number of nitrogens with one attached hydrogen (secondary N) is 1. The molecular weight excluding hydrogens is 459 g/mol. The molecule has 2 aromatic carbocycles. The number of nitrogens with zero attached hydrogens (tertiary/aromatic N) is 3. The third-order valence-corrected chi connectivity index (χ3v) is 7.55. The lowest BCUT2D eigenvalue weighted by molar-refractivity contribution is -0.139. The van der Waals surface area contributed by atoms with Gasteiger partial charge in [0.05, 0.1) is 30.7 Å². The first-order valence-corrected chi connectivity index (χ1v) is 12.6. The third-order valence-electron chi connectivity index (χ3n) is 7.55. The number of piperidine rings is 1. The summed E-state index contributed by atoms with van der Waals surface area (Å²) >= 11 is 0. The molecule has 0 radical (unpaired) electrons. The van der Waals surface area contributed by atoms with Crippen LogP contribution in [-0.2, 0) is 4.74 Å². The van der Waals surface area contributed by atoms with E-state index in [1.807, 2.05) is 32.0 Å². The van der Waals surface area contributed by atoms with Crippen LogP contribution in [0.1, 0.15) is 30.5 Å². The lowest BCUT2D eigenvalue weighted by Gasteiger charge is -2.47. The fourth-order valence-electron chi connectivity index (χ4n) is 5.28. The van der Waals surface area contributed by atoms with Gasteiger partial charge in [0, 0.05) is 34.6 Å². The van der Waals surface area contributed by atoms with Crippen LogP contribution >= 0.6 is 0 Å². The molecule has 36 heavy (non-hydrogen) atoms. The van der Waals surface area contributed by atoms with Crippen molar-refractivity contribution < 1.29 is 18.6 Å². The monoisotopic (exact) mass is 490 g/mol. The number of H-pyrrole nitrogens is 1. The molecule has 2 aliphatic rings. The minimum absolute atomic E-state index is 0.132. The van der Waals surface area contributed by atoms with E-state index in [1.54, 1.807) is 12.1 Å². The molecule has 0 bridgehead atoms. The predicted molar refractivity (Wildman–Crippen MR) is 136 cm³/mol. The number of aromatic nitrogens is 3. The Labute approximate surface area is 209 Å². The van der Waals surface area contributed by atoms with Crippen molar-refractivity contribution in [1.29, 1.82) is 0 Å². The summed E-state index contributed by atoms with van der Waals surface area (Å²) in [5, 5.41) is 1.21. The fraction of sp³-hybridized carbons (Fsp3) is 0.429. The van der Waals surface area contributed by atoms with Gasteiger partial charge >= 0.3 is 0 Å². The number of fused-ring (bicyclic) bond motifs is 2. The molecule has 8 heteroatoms. The van der Waals surface area contributed by atoms with Gasteiger partial charge in [-0.2, -0.15) is 0 Å². The Morgan fingerprint density at radius 2 is 1.89 bits per heavy atom. The Kier molecular flexibility index (Phi) is 6.01. The number of hydrogen-bond donors (Lipinski definition) is 1. The summed E-state index contributed by atoms with van der Waals surface area (Å²) in [5.41, 5.74) is 3.76. The highest BCUT2D eigenvalue weighted by molar-refractivity contribution is 5.86. The zero-order valence-electron chi connectivity index (χ0n) is 20.8. The van der Waals surface area contributed by atoms with Gasteiger partial charge in [0.1, 0.15) is 12.1 Å². The Balaban J connectivity index is 1.11. The van der Waals surface area contributed by atoms with Crippen LogP contribution in [0.25, 0.3) is 21.8 Å². The van der Waals surface area contributed by atoms with Crippen molar-refractivity contribution in [1.82, 2.24) is 19.9 Å². The topological polar surface area (TPSA) is 72.5 Å². The van der Waals surface area contributed by atoms with Crippen LogP contribution in [0.15, 0.2) is 36.7 Å². The standard InChI is InChI=1S/C28H31FN4O3/c1-18-12-21-23(14-25(18)35-11-3-8-33-9-6-28(7-10-33)15-34-16-28)30-17-31-27(21)36-24-5-4-22-20(26(24)29)13-19(2)32-22/h4-5,12-14,17,32H,3,6-11,15-16H2,1-2H3. The minimum Gasteiger partial charge on any atom is -0.493 e. The number of ether oxygens (including phenoxy) is 3. The van der Waals surface area contributed by atoms with E-state index in [4.69, 9.17) is 14.2 Å². The molecule has 4 aromatic rings. The number of benzene rings is 2. The largest absolute Gasteiger partial charge is 0.493 e. The van der Waals surface area contributed by atoms with Crippen molar-refractivity contribution in [2.24, 2.45) is 5.41 Å². The maximum absolute atomic E-state index is 15.1. The van der Waals surface area contributed by atoms with Crippen LogP contribution in [0, 0.1) is 25.1 Å². The van der Waals surface area contributed by atoms with E-state index in [0.29, 0.717) is 34.2 Å². The number of aromatic amines is 1. The minimum atomic E-state index is -0.412. The molecule has 0 atom stereocenters. The Bertz CT molecular complexity index is 1410. The second kappa shape index (κ2) is 9.33. The number of aryl methyl sites for hydroxylation is 2. The van der Waals surface area contributed by atoms with Gasteiger partial charge in [0.2, 0.25) is 5.88 Å². The number of hydrogen-bond acceptors (Lipinski definition) is 6. The summed E-state index contributed by atoms with van der Waals surface area (Å²) in [6, 6.07) is 9.06.